The molecule has 5 heteroatoms. The molecule has 0 heterocycles. The molecule has 0 spiro atoms. The van der Waals surface area contributed by atoms with E-state index in [9.17, 15) is 9.59 Å². The minimum absolute atomic E-state index is 0.229. The summed E-state index contributed by atoms with van der Waals surface area (Å²) in [7, 11) is 0. The van der Waals surface area contributed by atoms with Crippen LogP contribution < -0.4 is 11.1 Å². The lowest BCUT2D eigenvalue weighted by molar-refractivity contribution is -0.127. The predicted molar refractivity (Wildman–Crippen MR) is 86.3 cm³/mol. The number of primary amides is 1. The second kappa shape index (κ2) is 7.61. The summed E-state index contributed by atoms with van der Waals surface area (Å²) in [5, 5.41) is 3.31. The van der Waals surface area contributed by atoms with E-state index in [1.807, 2.05) is 24.3 Å². The van der Waals surface area contributed by atoms with Crippen LogP contribution in [0, 0.1) is 0 Å². The summed E-state index contributed by atoms with van der Waals surface area (Å²) in [5.74, 6) is -0.810. The Hall–Kier alpha value is -2.33. The first-order valence-corrected chi connectivity index (χ1v) is 7.32. The Bertz CT molecular complexity index is 659. The maximum absolute atomic E-state index is 12.0. The summed E-state index contributed by atoms with van der Waals surface area (Å²) >= 11 is 5.90. The van der Waals surface area contributed by atoms with Gasteiger partial charge >= 0.3 is 0 Å². The average molecular weight is 317 g/mol. The van der Waals surface area contributed by atoms with Crippen molar-refractivity contribution in [3.05, 3.63) is 70.7 Å². The number of hydrogen-bond acceptors (Lipinski definition) is 2. The van der Waals surface area contributed by atoms with Crippen molar-refractivity contribution in [3.63, 3.8) is 0 Å². The van der Waals surface area contributed by atoms with Gasteiger partial charge in [0.1, 0.15) is 6.04 Å². The Morgan fingerprint density at radius 1 is 1.09 bits per heavy atom. The molecule has 0 aliphatic carbocycles. The van der Waals surface area contributed by atoms with Crippen molar-refractivity contribution >= 4 is 23.4 Å². The van der Waals surface area contributed by atoms with Crippen LogP contribution in [-0.2, 0) is 16.0 Å². The first-order chi connectivity index (χ1) is 10.6. The summed E-state index contributed by atoms with van der Waals surface area (Å²) in [6.07, 6.45) is 0.809. The number of hydrogen-bond donors (Lipinski definition) is 2. The maximum Gasteiger partial charge on any atom is 0.244 e. The summed E-state index contributed by atoms with van der Waals surface area (Å²) in [5.41, 5.74) is 7.02. The molecule has 0 aliphatic rings. The Morgan fingerprint density at radius 3 is 2.45 bits per heavy atom. The molecule has 2 aromatic rings. The monoisotopic (exact) mass is 316 g/mol. The molecule has 4 nitrogen and oxygen atoms in total. The van der Waals surface area contributed by atoms with Gasteiger partial charge in [0.15, 0.2) is 0 Å². The minimum atomic E-state index is -0.812. The number of rotatable bonds is 6. The van der Waals surface area contributed by atoms with Crippen LogP contribution in [0.4, 0.5) is 0 Å². The molecule has 3 N–H and O–H groups in total. The molecule has 0 aliphatic heterocycles. The summed E-state index contributed by atoms with van der Waals surface area (Å²) in [6.45, 7) is 0. The predicted octanol–water partition coefficient (Wildman–Crippen LogP) is 2.62. The molecule has 0 saturated heterocycles. The van der Waals surface area contributed by atoms with Crippen LogP contribution in [0.3, 0.4) is 0 Å². The van der Waals surface area contributed by atoms with Crippen LogP contribution in [0.15, 0.2) is 54.6 Å². The third kappa shape index (κ3) is 4.60. The fourth-order valence-electron chi connectivity index (χ4n) is 2.15. The Morgan fingerprint density at radius 2 is 1.82 bits per heavy atom. The zero-order chi connectivity index (χ0) is 15.9. The van der Waals surface area contributed by atoms with Crippen molar-refractivity contribution < 1.29 is 9.59 Å². The topological polar surface area (TPSA) is 72.2 Å². The highest BCUT2D eigenvalue weighted by Gasteiger charge is 2.19. The molecule has 1 atom stereocenters. The smallest absolute Gasteiger partial charge is 0.244 e. The van der Waals surface area contributed by atoms with Crippen molar-refractivity contribution in [2.45, 2.75) is 18.9 Å². The van der Waals surface area contributed by atoms with E-state index in [2.05, 4.69) is 5.32 Å². The zero-order valence-corrected chi connectivity index (χ0v) is 12.7. The summed E-state index contributed by atoms with van der Waals surface area (Å²) < 4.78 is 0. The molecule has 2 amide bonds. The number of carbonyl (C=O) groups excluding carboxylic acids is 2. The van der Waals surface area contributed by atoms with Gasteiger partial charge in [-0.05, 0) is 29.7 Å². The van der Waals surface area contributed by atoms with Crippen LogP contribution in [-0.4, -0.2) is 11.8 Å². The van der Waals surface area contributed by atoms with E-state index in [0.29, 0.717) is 17.0 Å². The van der Waals surface area contributed by atoms with Crippen molar-refractivity contribution in [3.8, 4) is 0 Å². The van der Waals surface area contributed by atoms with Gasteiger partial charge in [-0.25, -0.2) is 0 Å². The van der Waals surface area contributed by atoms with Gasteiger partial charge in [-0.15, -0.1) is 0 Å². The highest BCUT2D eigenvalue weighted by atomic mass is 35.5. The number of benzene rings is 2. The van der Waals surface area contributed by atoms with Gasteiger partial charge in [-0.3, -0.25) is 9.59 Å². The van der Waals surface area contributed by atoms with E-state index in [1.165, 1.54) is 0 Å². The molecule has 1 unspecified atom stereocenters. The molecule has 0 saturated carbocycles. The number of nitrogens with one attached hydrogen (secondary N) is 1. The number of amides is 2. The van der Waals surface area contributed by atoms with Gasteiger partial charge in [0.05, 0.1) is 0 Å². The quantitative estimate of drug-likeness (QED) is 0.860. The van der Waals surface area contributed by atoms with E-state index in [-0.39, 0.29) is 12.3 Å². The van der Waals surface area contributed by atoms with Crippen molar-refractivity contribution in [2.24, 2.45) is 5.73 Å². The zero-order valence-electron chi connectivity index (χ0n) is 12.0. The van der Waals surface area contributed by atoms with Gasteiger partial charge < -0.3 is 11.1 Å². The van der Waals surface area contributed by atoms with Gasteiger partial charge in [0.2, 0.25) is 11.8 Å². The Kier molecular flexibility index (Phi) is 5.55. The number of nitrogens with two attached hydrogens (primary N) is 1. The lowest BCUT2D eigenvalue weighted by atomic mass is 10.1. The van der Waals surface area contributed by atoms with Gasteiger partial charge in [-0.2, -0.15) is 0 Å². The van der Waals surface area contributed by atoms with Gasteiger partial charge in [0, 0.05) is 11.4 Å². The van der Waals surface area contributed by atoms with Crippen molar-refractivity contribution in [1.82, 2.24) is 5.32 Å². The maximum atomic E-state index is 12.0. The molecule has 22 heavy (non-hydrogen) atoms. The third-order valence-electron chi connectivity index (χ3n) is 3.25. The summed E-state index contributed by atoms with van der Waals surface area (Å²) in [6, 6.07) is 15.5. The first-order valence-electron chi connectivity index (χ1n) is 6.94. The van der Waals surface area contributed by atoms with E-state index < -0.39 is 11.9 Å². The second-order valence-electron chi connectivity index (χ2n) is 4.94. The van der Waals surface area contributed by atoms with Crippen LogP contribution in [0.25, 0.3) is 0 Å². The van der Waals surface area contributed by atoms with Crippen LogP contribution in [0.5, 0.6) is 0 Å². The fraction of sp³-hybridized carbons (Fsp3) is 0.176. The molecule has 2 aromatic carbocycles. The molecule has 0 aromatic heterocycles. The number of aryl methyl sites for hydroxylation is 1. The Balaban J connectivity index is 1.96. The highest BCUT2D eigenvalue weighted by molar-refractivity contribution is 6.30. The molecular weight excluding hydrogens is 300 g/mol. The van der Waals surface area contributed by atoms with E-state index in [0.717, 1.165) is 5.56 Å². The van der Waals surface area contributed by atoms with Gasteiger partial charge in [-0.1, -0.05) is 54.1 Å². The van der Waals surface area contributed by atoms with Crippen molar-refractivity contribution in [1.29, 1.82) is 0 Å². The summed E-state index contributed by atoms with van der Waals surface area (Å²) in [4.78, 5) is 23.6. The van der Waals surface area contributed by atoms with Crippen LogP contribution in [0.1, 0.15) is 23.6 Å². The second-order valence-corrected chi connectivity index (χ2v) is 5.38. The standard InChI is InChI=1S/C17H17ClN2O2/c18-14-8-4-5-12(11-14)9-10-15(21)20-16(17(19)22)13-6-2-1-3-7-13/h1-8,11,16H,9-10H2,(H2,19,22)(H,20,21). The van der Waals surface area contributed by atoms with E-state index >= 15 is 0 Å². The van der Waals surface area contributed by atoms with Crippen molar-refractivity contribution in [2.75, 3.05) is 0 Å². The molecular formula is C17H17ClN2O2. The average Bonchev–Trinajstić information content (AvgIpc) is 2.51. The highest BCUT2D eigenvalue weighted by Crippen LogP contribution is 2.14. The Labute approximate surface area is 134 Å². The molecule has 2 rings (SSSR count). The SMILES string of the molecule is NC(=O)C(NC(=O)CCc1cccc(Cl)c1)c1ccccc1. The largest absolute Gasteiger partial charge is 0.368 e. The van der Waals surface area contributed by atoms with Crippen LogP contribution in [0.2, 0.25) is 5.02 Å². The number of halogens is 1. The minimum Gasteiger partial charge on any atom is -0.368 e. The fourth-order valence-corrected chi connectivity index (χ4v) is 2.36. The van der Waals surface area contributed by atoms with Crippen LogP contribution >= 0.6 is 11.6 Å². The molecule has 114 valence electrons. The molecule has 0 fully saturated rings. The molecule has 0 bridgehead atoms. The lowest BCUT2D eigenvalue weighted by Crippen LogP contribution is -2.37. The lowest BCUT2D eigenvalue weighted by Gasteiger charge is -2.15. The molecule has 0 radical (unpaired) electrons. The third-order valence-corrected chi connectivity index (χ3v) is 3.49. The van der Waals surface area contributed by atoms with Gasteiger partial charge in [0.25, 0.3) is 0 Å². The first kappa shape index (κ1) is 16.0. The van der Waals surface area contributed by atoms with E-state index in [4.69, 9.17) is 17.3 Å². The van der Waals surface area contributed by atoms with E-state index in [1.54, 1.807) is 30.3 Å². The normalized spacial score (nSPS) is 11.7. The number of carbonyl (C=O) groups is 2.